The Kier molecular flexibility index (Phi) is 8.21. The topological polar surface area (TPSA) is 29.5 Å². The number of hydrogen-bond donors (Lipinski definition) is 1. The minimum Gasteiger partial charge on any atom is -0.508 e. The lowest BCUT2D eigenvalue weighted by molar-refractivity contribution is 0.243. The molecule has 1 aliphatic carbocycles. The van der Waals surface area contributed by atoms with Crippen molar-refractivity contribution in [3.05, 3.63) is 102 Å². The van der Waals surface area contributed by atoms with E-state index in [0.717, 1.165) is 25.7 Å². The number of aromatic hydroxyl groups is 1. The van der Waals surface area contributed by atoms with Crippen LogP contribution in [0.2, 0.25) is 0 Å². The smallest absolute Gasteiger partial charge is 0.166 e. The first-order valence-corrected chi connectivity index (χ1v) is 11.1. The van der Waals surface area contributed by atoms with Crippen LogP contribution in [0.25, 0.3) is 11.1 Å². The van der Waals surface area contributed by atoms with E-state index in [1.807, 2.05) is 6.08 Å². The van der Waals surface area contributed by atoms with Gasteiger partial charge in [0.15, 0.2) is 11.6 Å². The van der Waals surface area contributed by atoms with Crippen molar-refractivity contribution in [3.8, 4) is 16.9 Å². The van der Waals surface area contributed by atoms with Crippen LogP contribution in [0, 0.1) is 17.6 Å². The van der Waals surface area contributed by atoms with Crippen LogP contribution < -0.4 is 0 Å². The molecule has 0 spiro atoms. The molecule has 2 aromatic carbocycles. The predicted molar refractivity (Wildman–Crippen MR) is 126 cm³/mol. The van der Waals surface area contributed by atoms with Crippen LogP contribution in [0.3, 0.4) is 0 Å². The molecule has 3 rings (SSSR count). The van der Waals surface area contributed by atoms with E-state index in [-0.39, 0.29) is 34.5 Å². The maximum atomic E-state index is 14.9. The van der Waals surface area contributed by atoms with Gasteiger partial charge in [0.05, 0.1) is 6.61 Å². The first kappa shape index (κ1) is 24.4. The molecule has 0 saturated heterocycles. The predicted octanol–water partition coefficient (Wildman–Crippen LogP) is 8.13. The third kappa shape index (κ3) is 6.19. The average molecular weight is 455 g/mol. The standard InChI is InChI=1S/C28H29F3O2/c1-4-33-19(3)17-26(29)18(2)5-6-20-7-9-21(10-8-20)24-15-16-25(28(31)27(24)30)22-11-13-23(32)14-12-22/h5-6,11-17,20-21,32H,2-4,7-10H2,1H3/b6-5+,26-17+. The van der Waals surface area contributed by atoms with Gasteiger partial charge in [0.25, 0.3) is 0 Å². The Hall–Kier alpha value is -3.21. The molecule has 174 valence electrons. The summed E-state index contributed by atoms with van der Waals surface area (Å²) in [5.41, 5.74) is 1.32. The SMILES string of the molecule is C=C(/C=C(/F)C(=C)/C=C/C1CCC(c2ccc(-c3ccc(O)cc3)c(F)c2F)CC1)OCC. The van der Waals surface area contributed by atoms with Crippen molar-refractivity contribution in [2.45, 2.75) is 38.5 Å². The minimum absolute atomic E-state index is 0.0626. The Morgan fingerprint density at radius 1 is 1.03 bits per heavy atom. The van der Waals surface area contributed by atoms with Gasteiger partial charge in [0.2, 0.25) is 0 Å². The van der Waals surface area contributed by atoms with E-state index in [1.54, 1.807) is 37.3 Å². The summed E-state index contributed by atoms with van der Waals surface area (Å²) < 4.78 is 49.0. The number of allylic oxidation sites excluding steroid dienone is 5. The highest BCUT2D eigenvalue weighted by molar-refractivity contribution is 5.65. The van der Waals surface area contributed by atoms with Gasteiger partial charge in [0.1, 0.15) is 17.3 Å². The van der Waals surface area contributed by atoms with E-state index in [1.165, 1.54) is 18.2 Å². The van der Waals surface area contributed by atoms with Crippen molar-refractivity contribution in [1.29, 1.82) is 0 Å². The average Bonchev–Trinajstić information content (AvgIpc) is 2.80. The van der Waals surface area contributed by atoms with E-state index in [4.69, 9.17) is 4.74 Å². The molecule has 1 aliphatic rings. The van der Waals surface area contributed by atoms with Crippen LogP contribution >= 0.6 is 0 Å². The van der Waals surface area contributed by atoms with Crippen molar-refractivity contribution in [2.75, 3.05) is 6.61 Å². The van der Waals surface area contributed by atoms with Gasteiger partial charge in [-0.05, 0) is 67.7 Å². The molecular weight excluding hydrogens is 425 g/mol. The van der Waals surface area contributed by atoms with Gasteiger partial charge in [-0.3, -0.25) is 0 Å². The molecule has 0 heterocycles. The van der Waals surface area contributed by atoms with Crippen LogP contribution in [0.4, 0.5) is 13.2 Å². The zero-order chi connectivity index (χ0) is 24.0. The van der Waals surface area contributed by atoms with Gasteiger partial charge < -0.3 is 9.84 Å². The molecule has 1 saturated carbocycles. The first-order valence-electron chi connectivity index (χ1n) is 11.1. The fourth-order valence-corrected chi connectivity index (χ4v) is 4.16. The third-order valence-corrected chi connectivity index (χ3v) is 6.00. The molecule has 1 N–H and O–H groups in total. The number of rotatable bonds is 8. The molecule has 0 unspecified atom stereocenters. The zero-order valence-corrected chi connectivity index (χ0v) is 18.8. The van der Waals surface area contributed by atoms with Crippen molar-refractivity contribution in [2.24, 2.45) is 5.92 Å². The Morgan fingerprint density at radius 2 is 1.70 bits per heavy atom. The second kappa shape index (κ2) is 11.1. The molecule has 1 fully saturated rings. The van der Waals surface area contributed by atoms with Gasteiger partial charge in [-0.15, -0.1) is 0 Å². The number of halogens is 3. The van der Waals surface area contributed by atoms with E-state index < -0.39 is 17.5 Å². The number of ether oxygens (including phenoxy) is 1. The molecular formula is C28H29F3O2. The Bertz CT molecular complexity index is 1060. The molecule has 0 bridgehead atoms. The fraction of sp³-hybridized carbons (Fsp3) is 0.286. The maximum absolute atomic E-state index is 14.9. The summed E-state index contributed by atoms with van der Waals surface area (Å²) in [4.78, 5) is 0. The number of phenolic OH excluding ortho intramolecular Hbond substituents is 1. The Labute approximate surface area is 193 Å². The summed E-state index contributed by atoms with van der Waals surface area (Å²) in [6, 6.07) is 9.27. The van der Waals surface area contributed by atoms with Crippen molar-refractivity contribution in [3.63, 3.8) is 0 Å². The number of phenols is 1. The van der Waals surface area contributed by atoms with E-state index in [2.05, 4.69) is 13.2 Å². The highest BCUT2D eigenvalue weighted by Crippen LogP contribution is 2.39. The summed E-state index contributed by atoms with van der Waals surface area (Å²) in [6.45, 7) is 9.58. The second-order valence-electron chi connectivity index (χ2n) is 8.26. The monoisotopic (exact) mass is 454 g/mol. The summed E-state index contributed by atoms with van der Waals surface area (Å²) >= 11 is 0. The fourth-order valence-electron chi connectivity index (χ4n) is 4.16. The van der Waals surface area contributed by atoms with Crippen LogP contribution in [0.15, 0.2) is 84.9 Å². The molecule has 2 aromatic rings. The second-order valence-corrected chi connectivity index (χ2v) is 8.26. The molecule has 0 aliphatic heterocycles. The van der Waals surface area contributed by atoms with Gasteiger partial charge >= 0.3 is 0 Å². The summed E-state index contributed by atoms with van der Waals surface area (Å²) in [5, 5.41) is 9.41. The molecule has 0 atom stereocenters. The Balaban J connectivity index is 1.62. The minimum atomic E-state index is -0.868. The summed E-state index contributed by atoms with van der Waals surface area (Å²) in [5.74, 6) is -1.69. The van der Waals surface area contributed by atoms with Crippen molar-refractivity contribution < 1.29 is 23.0 Å². The first-order chi connectivity index (χ1) is 15.8. The lowest BCUT2D eigenvalue weighted by atomic mass is 9.78. The van der Waals surface area contributed by atoms with E-state index in [0.29, 0.717) is 17.7 Å². The molecule has 0 amide bonds. The summed E-state index contributed by atoms with van der Waals surface area (Å²) in [6.07, 6.45) is 7.83. The van der Waals surface area contributed by atoms with Crippen LogP contribution in [-0.4, -0.2) is 11.7 Å². The van der Waals surface area contributed by atoms with Gasteiger partial charge in [0, 0.05) is 17.2 Å². The largest absolute Gasteiger partial charge is 0.508 e. The normalized spacial score (nSPS) is 19.0. The molecule has 0 aromatic heterocycles. The maximum Gasteiger partial charge on any atom is 0.166 e. The number of hydrogen-bond acceptors (Lipinski definition) is 2. The van der Waals surface area contributed by atoms with E-state index >= 15 is 0 Å². The van der Waals surface area contributed by atoms with E-state index in [9.17, 15) is 18.3 Å². The highest BCUT2D eigenvalue weighted by Gasteiger charge is 2.25. The Morgan fingerprint density at radius 3 is 2.33 bits per heavy atom. The quantitative estimate of drug-likeness (QED) is 0.322. The molecule has 33 heavy (non-hydrogen) atoms. The highest BCUT2D eigenvalue weighted by atomic mass is 19.2. The van der Waals surface area contributed by atoms with Crippen LogP contribution in [0.1, 0.15) is 44.1 Å². The van der Waals surface area contributed by atoms with Crippen molar-refractivity contribution >= 4 is 0 Å². The zero-order valence-electron chi connectivity index (χ0n) is 18.8. The van der Waals surface area contributed by atoms with Crippen LogP contribution in [0.5, 0.6) is 5.75 Å². The van der Waals surface area contributed by atoms with Crippen molar-refractivity contribution in [1.82, 2.24) is 0 Å². The molecule has 2 nitrogen and oxygen atoms in total. The van der Waals surface area contributed by atoms with Gasteiger partial charge in [-0.2, -0.15) is 0 Å². The third-order valence-electron chi connectivity index (χ3n) is 6.00. The van der Waals surface area contributed by atoms with Crippen LogP contribution in [-0.2, 0) is 4.74 Å². The summed E-state index contributed by atoms with van der Waals surface area (Å²) in [7, 11) is 0. The lowest BCUT2D eigenvalue weighted by Gasteiger charge is -2.27. The number of benzene rings is 2. The van der Waals surface area contributed by atoms with Gasteiger partial charge in [-0.25, -0.2) is 13.2 Å². The van der Waals surface area contributed by atoms with Gasteiger partial charge in [-0.1, -0.05) is 49.6 Å². The molecule has 0 radical (unpaired) electrons. The molecule has 5 heteroatoms. The lowest BCUT2D eigenvalue weighted by Crippen LogP contribution is -2.13.